The van der Waals surface area contributed by atoms with E-state index < -0.39 is 0 Å². The smallest absolute Gasteiger partial charge is 0.277 e. The molecule has 2 aliphatic heterocycles. The van der Waals surface area contributed by atoms with Gasteiger partial charge in [0.15, 0.2) is 0 Å². The first-order chi connectivity index (χ1) is 14.9. The van der Waals surface area contributed by atoms with Crippen molar-refractivity contribution in [3.05, 3.63) is 70.9 Å². The van der Waals surface area contributed by atoms with Gasteiger partial charge in [0.2, 0.25) is 0 Å². The molecule has 0 radical (unpaired) electrons. The summed E-state index contributed by atoms with van der Waals surface area (Å²) in [4.78, 5) is 30.2. The lowest BCUT2D eigenvalue weighted by Gasteiger charge is -2.33. The Morgan fingerprint density at radius 1 is 1.00 bits per heavy atom. The maximum Gasteiger partial charge on any atom is 0.277 e. The van der Waals surface area contributed by atoms with E-state index in [0.717, 1.165) is 48.4 Å². The Hall–Kier alpha value is -3.08. The fraction of sp³-hybridized carbons (Fsp3) is 0.385. The van der Waals surface area contributed by atoms with Crippen LogP contribution in [0.25, 0.3) is 5.57 Å². The van der Waals surface area contributed by atoms with Gasteiger partial charge in [-0.05, 0) is 61.4 Å². The van der Waals surface area contributed by atoms with Gasteiger partial charge in [0.05, 0.1) is 12.1 Å². The molecule has 162 valence electrons. The third-order valence-corrected chi connectivity index (χ3v) is 5.96. The first kappa shape index (κ1) is 21.2. The molecule has 31 heavy (non-hydrogen) atoms. The van der Waals surface area contributed by atoms with Gasteiger partial charge in [-0.3, -0.25) is 14.5 Å². The number of nitrogens with zero attached hydrogens (tertiary/aromatic N) is 2. The summed E-state index contributed by atoms with van der Waals surface area (Å²) in [6.45, 7) is 8.36. The Labute approximate surface area is 184 Å². The van der Waals surface area contributed by atoms with Crippen molar-refractivity contribution in [1.82, 2.24) is 9.80 Å². The molecule has 2 aromatic carbocycles. The Bertz CT molecular complexity index is 992. The fourth-order valence-corrected chi connectivity index (χ4v) is 4.59. The van der Waals surface area contributed by atoms with E-state index in [-0.39, 0.29) is 25.0 Å². The molecule has 1 fully saturated rings. The number of aryl methyl sites for hydroxylation is 2. The highest BCUT2D eigenvalue weighted by molar-refractivity contribution is 6.35. The Kier molecular flexibility index (Phi) is 6.12. The van der Waals surface area contributed by atoms with Gasteiger partial charge in [0, 0.05) is 13.1 Å². The zero-order valence-corrected chi connectivity index (χ0v) is 18.6. The van der Waals surface area contributed by atoms with E-state index in [0.29, 0.717) is 17.2 Å². The van der Waals surface area contributed by atoms with Crippen LogP contribution in [0.1, 0.15) is 36.5 Å². The van der Waals surface area contributed by atoms with Crippen molar-refractivity contribution < 1.29 is 14.3 Å². The van der Waals surface area contributed by atoms with Crippen LogP contribution in [0, 0.1) is 19.8 Å². The lowest BCUT2D eigenvalue weighted by molar-refractivity contribution is -0.138. The molecule has 5 nitrogen and oxygen atoms in total. The summed E-state index contributed by atoms with van der Waals surface area (Å²) in [5.41, 5.74) is 4.11. The van der Waals surface area contributed by atoms with E-state index in [1.165, 1.54) is 4.90 Å². The summed E-state index contributed by atoms with van der Waals surface area (Å²) in [5, 5.41) is 0. The second kappa shape index (κ2) is 8.96. The van der Waals surface area contributed by atoms with Crippen LogP contribution < -0.4 is 4.74 Å². The van der Waals surface area contributed by atoms with E-state index in [9.17, 15) is 9.59 Å². The average molecular weight is 419 g/mol. The molecule has 0 N–H and O–H groups in total. The Balaban J connectivity index is 1.56. The number of ether oxygens (including phenoxy) is 1. The molecule has 1 atom stereocenters. The fourth-order valence-electron chi connectivity index (χ4n) is 4.59. The van der Waals surface area contributed by atoms with Crippen molar-refractivity contribution in [2.24, 2.45) is 5.92 Å². The number of likely N-dealkylation sites (tertiary alicyclic amines) is 1. The number of imide groups is 1. The highest BCUT2D eigenvalue weighted by Crippen LogP contribution is 2.33. The maximum atomic E-state index is 13.4. The molecule has 1 saturated heterocycles. The molecule has 0 spiro atoms. The van der Waals surface area contributed by atoms with Crippen molar-refractivity contribution in [2.75, 3.05) is 26.2 Å². The number of piperidine rings is 1. The van der Waals surface area contributed by atoms with Crippen LogP contribution in [0.3, 0.4) is 0 Å². The lowest BCUT2D eigenvalue weighted by Crippen LogP contribution is -2.40. The van der Waals surface area contributed by atoms with E-state index in [1.54, 1.807) is 0 Å². The van der Waals surface area contributed by atoms with Gasteiger partial charge in [-0.1, -0.05) is 43.3 Å². The molecule has 0 aromatic heterocycles. The van der Waals surface area contributed by atoms with Crippen LogP contribution in [0.2, 0.25) is 0 Å². The van der Waals surface area contributed by atoms with E-state index in [2.05, 4.69) is 17.9 Å². The average Bonchev–Trinajstić information content (AvgIpc) is 2.98. The van der Waals surface area contributed by atoms with Gasteiger partial charge >= 0.3 is 0 Å². The van der Waals surface area contributed by atoms with Crippen molar-refractivity contribution in [1.29, 1.82) is 0 Å². The molecule has 1 unspecified atom stereocenters. The minimum Gasteiger partial charge on any atom is -0.492 e. The predicted molar refractivity (Wildman–Crippen MR) is 121 cm³/mol. The lowest BCUT2D eigenvalue weighted by atomic mass is 9.98. The van der Waals surface area contributed by atoms with Crippen LogP contribution in [-0.2, 0) is 9.59 Å². The normalized spacial score (nSPS) is 19.4. The Morgan fingerprint density at radius 3 is 2.39 bits per heavy atom. The minimum atomic E-state index is -0.228. The standard InChI is InChI=1S/C26H30N2O3/c1-18-8-7-11-27(17-18)24-23(21-9-5-4-6-10-21)25(29)28(26(24)30)12-13-31-22-15-19(2)14-20(3)16-22/h4-6,9-10,14-16,18H,7-8,11-13,17H2,1-3H3. The van der Waals surface area contributed by atoms with Crippen LogP contribution in [0.5, 0.6) is 5.75 Å². The molecule has 2 amide bonds. The molecule has 2 heterocycles. The maximum absolute atomic E-state index is 13.4. The number of rotatable bonds is 6. The largest absolute Gasteiger partial charge is 0.492 e. The van der Waals surface area contributed by atoms with Crippen molar-refractivity contribution in [3.63, 3.8) is 0 Å². The molecule has 0 bridgehead atoms. The van der Waals surface area contributed by atoms with Gasteiger partial charge < -0.3 is 9.64 Å². The van der Waals surface area contributed by atoms with Gasteiger partial charge in [0.1, 0.15) is 18.1 Å². The minimum absolute atomic E-state index is 0.207. The number of hydrogen-bond acceptors (Lipinski definition) is 4. The Morgan fingerprint density at radius 2 is 1.71 bits per heavy atom. The molecule has 2 aromatic rings. The molecular weight excluding hydrogens is 388 g/mol. The molecule has 0 saturated carbocycles. The molecule has 5 heteroatoms. The van der Waals surface area contributed by atoms with Crippen LogP contribution >= 0.6 is 0 Å². The molecule has 2 aliphatic rings. The number of carbonyl (C=O) groups excluding carboxylic acids is 2. The number of hydrogen-bond donors (Lipinski definition) is 0. The number of amides is 2. The highest BCUT2D eigenvalue weighted by Gasteiger charge is 2.42. The number of benzene rings is 2. The van der Waals surface area contributed by atoms with E-state index in [4.69, 9.17) is 4.74 Å². The zero-order valence-electron chi connectivity index (χ0n) is 18.6. The first-order valence-electron chi connectivity index (χ1n) is 11.1. The molecular formula is C26H30N2O3. The monoisotopic (exact) mass is 418 g/mol. The topological polar surface area (TPSA) is 49.9 Å². The third-order valence-electron chi connectivity index (χ3n) is 5.96. The summed E-state index contributed by atoms with van der Waals surface area (Å²) in [7, 11) is 0. The van der Waals surface area contributed by atoms with E-state index in [1.807, 2.05) is 56.3 Å². The van der Waals surface area contributed by atoms with Gasteiger partial charge in [0.25, 0.3) is 11.8 Å². The summed E-state index contributed by atoms with van der Waals surface area (Å²) < 4.78 is 5.89. The second-order valence-electron chi connectivity index (χ2n) is 8.72. The quantitative estimate of drug-likeness (QED) is 0.660. The van der Waals surface area contributed by atoms with Gasteiger partial charge in [-0.2, -0.15) is 0 Å². The summed E-state index contributed by atoms with van der Waals surface area (Å²) >= 11 is 0. The molecule has 0 aliphatic carbocycles. The summed E-state index contributed by atoms with van der Waals surface area (Å²) in [6, 6.07) is 15.6. The third kappa shape index (κ3) is 4.50. The van der Waals surface area contributed by atoms with Crippen molar-refractivity contribution in [3.8, 4) is 5.75 Å². The second-order valence-corrected chi connectivity index (χ2v) is 8.72. The molecule has 4 rings (SSSR count). The zero-order chi connectivity index (χ0) is 22.0. The summed E-state index contributed by atoms with van der Waals surface area (Å²) in [6.07, 6.45) is 2.18. The van der Waals surface area contributed by atoms with Crippen LogP contribution in [0.15, 0.2) is 54.2 Å². The van der Waals surface area contributed by atoms with Crippen molar-refractivity contribution >= 4 is 17.4 Å². The first-order valence-corrected chi connectivity index (χ1v) is 11.1. The van der Waals surface area contributed by atoms with Gasteiger partial charge in [-0.25, -0.2) is 0 Å². The number of carbonyl (C=O) groups is 2. The SMILES string of the molecule is Cc1cc(C)cc(OCCN2C(=O)C(c3ccccc3)=C(N3CCCC(C)C3)C2=O)c1. The predicted octanol–water partition coefficient (Wildman–Crippen LogP) is 4.19. The van der Waals surface area contributed by atoms with Crippen molar-refractivity contribution in [2.45, 2.75) is 33.6 Å². The van der Waals surface area contributed by atoms with Crippen LogP contribution in [-0.4, -0.2) is 47.9 Å². The summed E-state index contributed by atoms with van der Waals surface area (Å²) in [5.74, 6) is 0.830. The van der Waals surface area contributed by atoms with Crippen LogP contribution in [0.4, 0.5) is 0 Å². The van der Waals surface area contributed by atoms with E-state index >= 15 is 0 Å². The van der Waals surface area contributed by atoms with Gasteiger partial charge in [-0.15, -0.1) is 0 Å². The highest BCUT2D eigenvalue weighted by atomic mass is 16.5.